The molecule has 2 nitrogen and oxygen atoms in total. The predicted molar refractivity (Wildman–Crippen MR) is 63.4 cm³/mol. The lowest BCUT2D eigenvalue weighted by Gasteiger charge is -2.38. The highest BCUT2D eigenvalue weighted by molar-refractivity contribution is 5.94. The summed E-state index contributed by atoms with van der Waals surface area (Å²) in [5.41, 5.74) is 1.78. The van der Waals surface area contributed by atoms with Crippen LogP contribution in [0.4, 0.5) is 0 Å². The quantitative estimate of drug-likeness (QED) is 0.690. The maximum Gasteiger partial charge on any atom is 0.247 e. The molecular weight excluding hydrogens is 186 g/mol. The smallest absolute Gasteiger partial charge is 0.247 e. The molecule has 2 heteroatoms. The molecule has 15 heavy (non-hydrogen) atoms. The molecule has 0 aliphatic carbocycles. The van der Waals surface area contributed by atoms with E-state index in [2.05, 4.69) is 18.8 Å². The van der Waals surface area contributed by atoms with Gasteiger partial charge in [0.05, 0.1) is 0 Å². The van der Waals surface area contributed by atoms with Crippen molar-refractivity contribution >= 4 is 5.91 Å². The first-order valence-corrected chi connectivity index (χ1v) is 5.18. The molecule has 1 heterocycles. The van der Waals surface area contributed by atoms with Crippen molar-refractivity contribution in [2.45, 2.75) is 33.2 Å². The van der Waals surface area contributed by atoms with Crippen LogP contribution in [0.15, 0.2) is 36.0 Å². The predicted octanol–water partition coefficient (Wildman–Crippen LogP) is 2.59. The lowest BCUT2D eigenvalue weighted by molar-refractivity contribution is -0.119. The standard InChI is InChI=1S/C13H19NO/c1-6-7-9(2)11-8-10(3)12(15)14-13(11,4)5/h6-8,11H,1H2,2-5H3,(H,14,15). The highest BCUT2D eigenvalue weighted by Crippen LogP contribution is 2.30. The summed E-state index contributed by atoms with van der Waals surface area (Å²) in [5.74, 6) is 0.274. The molecule has 0 saturated heterocycles. The van der Waals surface area contributed by atoms with Crippen molar-refractivity contribution in [1.82, 2.24) is 5.32 Å². The minimum absolute atomic E-state index is 0.0302. The summed E-state index contributed by atoms with van der Waals surface area (Å²) in [6.45, 7) is 11.7. The highest BCUT2D eigenvalue weighted by atomic mass is 16.1. The van der Waals surface area contributed by atoms with Crippen LogP contribution in [0.2, 0.25) is 0 Å². The van der Waals surface area contributed by atoms with E-state index in [1.54, 1.807) is 6.08 Å². The van der Waals surface area contributed by atoms with E-state index in [0.717, 1.165) is 5.57 Å². The third-order valence-corrected chi connectivity index (χ3v) is 2.86. The van der Waals surface area contributed by atoms with Gasteiger partial charge in [-0.25, -0.2) is 0 Å². The largest absolute Gasteiger partial charge is 0.347 e. The van der Waals surface area contributed by atoms with Gasteiger partial charge in [-0.15, -0.1) is 0 Å². The van der Waals surface area contributed by atoms with Crippen LogP contribution in [0.25, 0.3) is 0 Å². The second-order valence-electron chi connectivity index (χ2n) is 4.65. The van der Waals surface area contributed by atoms with E-state index in [0.29, 0.717) is 0 Å². The van der Waals surface area contributed by atoms with Gasteiger partial charge < -0.3 is 5.32 Å². The summed E-state index contributed by atoms with van der Waals surface area (Å²) in [6, 6.07) is 0. The van der Waals surface area contributed by atoms with Gasteiger partial charge in [0, 0.05) is 17.0 Å². The lowest BCUT2D eigenvalue weighted by Crippen LogP contribution is -2.52. The third kappa shape index (κ3) is 2.38. The summed E-state index contributed by atoms with van der Waals surface area (Å²) in [5, 5.41) is 3.01. The Balaban J connectivity index is 3.11. The molecule has 1 aliphatic heterocycles. The van der Waals surface area contributed by atoms with Gasteiger partial charge in [-0.2, -0.15) is 0 Å². The number of carbonyl (C=O) groups excluding carboxylic acids is 1. The topological polar surface area (TPSA) is 29.1 Å². The van der Waals surface area contributed by atoms with E-state index in [1.165, 1.54) is 5.57 Å². The molecule has 0 saturated carbocycles. The monoisotopic (exact) mass is 205 g/mol. The Kier molecular flexibility index (Phi) is 3.18. The number of allylic oxidation sites excluding steroid dienone is 2. The number of carbonyl (C=O) groups is 1. The highest BCUT2D eigenvalue weighted by Gasteiger charge is 2.34. The SMILES string of the molecule is C=CC=C(C)C1C=C(C)C(=O)NC1(C)C. The molecule has 1 amide bonds. The molecule has 1 unspecified atom stereocenters. The molecule has 0 aromatic heterocycles. The number of amides is 1. The van der Waals surface area contributed by atoms with E-state index in [1.807, 2.05) is 32.9 Å². The van der Waals surface area contributed by atoms with Crippen LogP contribution in [-0.2, 0) is 4.79 Å². The Morgan fingerprint density at radius 2 is 2.20 bits per heavy atom. The molecule has 0 aromatic rings. The maximum absolute atomic E-state index is 11.5. The lowest BCUT2D eigenvalue weighted by atomic mass is 9.78. The maximum atomic E-state index is 11.5. The van der Waals surface area contributed by atoms with E-state index in [9.17, 15) is 4.79 Å². The van der Waals surface area contributed by atoms with Crippen molar-refractivity contribution in [1.29, 1.82) is 0 Å². The van der Waals surface area contributed by atoms with Crippen molar-refractivity contribution in [2.24, 2.45) is 5.92 Å². The summed E-state index contributed by atoms with van der Waals surface area (Å²) >= 11 is 0. The van der Waals surface area contributed by atoms with Crippen molar-refractivity contribution in [3.8, 4) is 0 Å². The van der Waals surface area contributed by atoms with Gasteiger partial charge in [0.1, 0.15) is 0 Å². The fraction of sp³-hybridized carbons (Fsp3) is 0.462. The number of hydrogen-bond acceptors (Lipinski definition) is 1. The second kappa shape index (κ2) is 4.05. The molecule has 0 spiro atoms. The van der Waals surface area contributed by atoms with Crippen molar-refractivity contribution < 1.29 is 4.79 Å². The van der Waals surface area contributed by atoms with Crippen LogP contribution < -0.4 is 5.32 Å². The zero-order valence-electron chi connectivity index (χ0n) is 9.92. The molecule has 1 rings (SSSR count). The zero-order valence-corrected chi connectivity index (χ0v) is 9.92. The van der Waals surface area contributed by atoms with Gasteiger partial charge in [-0.1, -0.05) is 30.4 Å². The second-order valence-corrected chi connectivity index (χ2v) is 4.65. The van der Waals surface area contributed by atoms with Gasteiger partial charge >= 0.3 is 0 Å². The fourth-order valence-corrected chi connectivity index (χ4v) is 1.99. The van der Waals surface area contributed by atoms with Crippen LogP contribution in [0.1, 0.15) is 27.7 Å². The van der Waals surface area contributed by atoms with Gasteiger partial charge in [-0.05, 0) is 27.7 Å². The summed E-state index contributed by atoms with van der Waals surface area (Å²) in [6.07, 6.45) is 5.81. The number of nitrogens with one attached hydrogen (secondary N) is 1. The van der Waals surface area contributed by atoms with Gasteiger partial charge in [-0.3, -0.25) is 4.79 Å². The number of rotatable bonds is 2. The minimum Gasteiger partial charge on any atom is -0.347 e. The summed E-state index contributed by atoms with van der Waals surface area (Å²) in [7, 11) is 0. The van der Waals surface area contributed by atoms with Crippen molar-refractivity contribution in [3.05, 3.63) is 36.0 Å². The van der Waals surface area contributed by atoms with E-state index in [4.69, 9.17) is 0 Å². The van der Waals surface area contributed by atoms with Gasteiger partial charge in [0.25, 0.3) is 0 Å². The molecule has 0 bridgehead atoms. The molecule has 1 atom stereocenters. The first-order chi connectivity index (χ1) is 6.88. The Morgan fingerprint density at radius 3 is 2.73 bits per heavy atom. The molecule has 0 fully saturated rings. The Labute approximate surface area is 91.8 Å². The molecule has 1 N–H and O–H groups in total. The number of hydrogen-bond donors (Lipinski definition) is 1. The summed E-state index contributed by atoms with van der Waals surface area (Å²) in [4.78, 5) is 11.5. The Bertz CT molecular complexity index is 348. The first-order valence-electron chi connectivity index (χ1n) is 5.18. The van der Waals surface area contributed by atoms with Crippen LogP contribution >= 0.6 is 0 Å². The average molecular weight is 205 g/mol. The van der Waals surface area contributed by atoms with Crippen LogP contribution in [-0.4, -0.2) is 11.4 Å². The Morgan fingerprint density at radius 1 is 1.60 bits per heavy atom. The van der Waals surface area contributed by atoms with Crippen molar-refractivity contribution in [3.63, 3.8) is 0 Å². The van der Waals surface area contributed by atoms with Crippen molar-refractivity contribution in [2.75, 3.05) is 0 Å². The molecule has 0 radical (unpaired) electrons. The molecule has 1 aliphatic rings. The Hall–Kier alpha value is -1.31. The fourth-order valence-electron chi connectivity index (χ4n) is 1.99. The third-order valence-electron chi connectivity index (χ3n) is 2.86. The zero-order chi connectivity index (χ0) is 11.6. The van der Waals surface area contributed by atoms with E-state index < -0.39 is 0 Å². The van der Waals surface area contributed by atoms with Crippen LogP contribution in [0.5, 0.6) is 0 Å². The average Bonchev–Trinajstić information content (AvgIpc) is 2.11. The van der Waals surface area contributed by atoms with E-state index in [-0.39, 0.29) is 17.4 Å². The molecular formula is C13H19NO. The van der Waals surface area contributed by atoms with Gasteiger partial charge in [0.15, 0.2) is 0 Å². The summed E-state index contributed by atoms with van der Waals surface area (Å²) < 4.78 is 0. The first kappa shape index (κ1) is 11.8. The van der Waals surface area contributed by atoms with Crippen LogP contribution in [0, 0.1) is 5.92 Å². The minimum atomic E-state index is -0.222. The van der Waals surface area contributed by atoms with E-state index >= 15 is 0 Å². The van der Waals surface area contributed by atoms with Gasteiger partial charge in [0.2, 0.25) is 5.91 Å². The van der Waals surface area contributed by atoms with Crippen LogP contribution in [0.3, 0.4) is 0 Å². The molecule has 82 valence electrons. The normalized spacial score (nSPS) is 25.6. The molecule has 0 aromatic carbocycles.